The van der Waals surface area contributed by atoms with E-state index in [2.05, 4.69) is 15.4 Å². The first-order valence-corrected chi connectivity index (χ1v) is 13.3. The monoisotopic (exact) mass is 607 g/mol. The molecule has 0 saturated carbocycles. The zero-order valence-electron chi connectivity index (χ0n) is 23.4. The third kappa shape index (κ3) is 8.74. The van der Waals surface area contributed by atoms with Crippen molar-refractivity contribution in [3.8, 4) is 17.2 Å². The van der Waals surface area contributed by atoms with Gasteiger partial charge in [-0.1, -0.05) is 18.2 Å². The van der Waals surface area contributed by atoms with Crippen molar-refractivity contribution in [2.75, 3.05) is 19.0 Å². The van der Waals surface area contributed by atoms with Crippen LogP contribution in [0.5, 0.6) is 17.2 Å². The molecule has 0 saturated heterocycles. The van der Waals surface area contributed by atoms with Crippen molar-refractivity contribution in [3.05, 3.63) is 102 Å². The number of allylic oxidation sites excluding steroid dienone is 1. The summed E-state index contributed by atoms with van der Waals surface area (Å²) in [5, 5.41) is 24.4. The molecule has 0 unspecified atom stereocenters. The van der Waals surface area contributed by atoms with Crippen LogP contribution in [0.25, 0.3) is 16.5 Å². The Morgan fingerprint density at radius 1 is 0.864 bits per heavy atom. The lowest BCUT2D eigenvalue weighted by molar-refractivity contribution is -0.274. The van der Waals surface area contributed by atoms with Crippen LogP contribution in [0.3, 0.4) is 0 Å². The van der Waals surface area contributed by atoms with Crippen LogP contribution in [0.2, 0.25) is 0 Å². The van der Waals surface area contributed by atoms with Gasteiger partial charge in [0.1, 0.15) is 17.2 Å². The van der Waals surface area contributed by atoms with Crippen LogP contribution >= 0.6 is 0 Å². The number of amides is 1. The maximum absolute atomic E-state index is 12.6. The molecule has 0 aliphatic carbocycles. The lowest BCUT2D eigenvalue weighted by Gasteiger charge is -2.17. The van der Waals surface area contributed by atoms with Gasteiger partial charge in [0, 0.05) is 29.8 Å². The second-order valence-electron chi connectivity index (χ2n) is 9.39. The molecule has 228 valence electrons. The maximum Gasteiger partial charge on any atom is 0.573 e. The molecular formula is C32H28F3N3O6. The van der Waals surface area contributed by atoms with E-state index < -0.39 is 12.3 Å². The summed E-state index contributed by atoms with van der Waals surface area (Å²) in [6, 6.07) is 22.3. The zero-order valence-corrected chi connectivity index (χ0v) is 23.4. The number of rotatable bonds is 13. The van der Waals surface area contributed by atoms with E-state index in [1.807, 2.05) is 24.3 Å². The van der Waals surface area contributed by atoms with Gasteiger partial charge in [-0.2, -0.15) is 0 Å². The number of fused-ring (bicyclic) bond motifs is 1. The molecule has 4 aromatic carbocycles. The highest BCUT2D eigenvalue weighted by molar-refractivity contribution is 5.96. The molecule has 0 aromatic heterocycles. The fourth-order valence-corrected chi connectivity index (χ4v) is 4.16. The Labute approximate surface area is 250 Å². The Morgan fingerprint density at radius 2 is 1.48 bits per heavy atom. The Kier molecular flexibility index (Phi) is 10.1. The van der Waals surface area contributed by atoms with E-state index in [0.29, 0.717) is 40.4 Å². The summed E-state index contributed by atoms with van der Waals surface area (Å²) in [4.78, 5) is 23.0. The van der Waals surface area contributed by atoms with Crippen LogP contribution in [0.1, 0.15) is 28.8 Å². The highest BCUT2D eigenvalue weighted by Crippen LogP contribution is 2.30. The number of hydrogen-bond donors (Lipinski definition) is 4. The minimum atomic E-state index is -4.83. The third-order valence-electron chi connectivity index (χ3n) is 6.27. The number of hydrogen-bond acceptors (Lipinski definition) is 7. The van der Waals surface area contributed by atoms with Crippen LogP contribution in [0.4, 0.5) is 18.9 Å². The van der Waals surface area contributed by atoms with Crippen molar-refractivity contribution >= 4 is 40.2 Å². The predicted molar refractivity (Wildman–Crippen MR) is 159 cm³/mol. The smallest absolute Gasteiger partial charge is 0.497 e. The molecular weight excluding hydrogens is 579 g/mol. The first-order valence-electron chi connectivity index (χ1n) is 13.3. The quantitative estimate of drug-likeness (QED) is 0.0743. The van der Waals surface area contributed by atoms with Gasteiger partial charge in [0.05, 0.1) is 19.0 Å². The summed E-state index contributed by atoms with van der Waals surface area (Å²) < 4.78 is 53.2. The molecule has 44 heavy (non-hydrogen) atoms. The van der Waals surface area contributed by atoms with Crippen LogP contribution in [-0.4, -0.2) is 43.2 Å². The number of carbonyl (C=O) groups is 2. The average molecular weight is 608 g/mol. The van der Waals surface area contributed by atoms with E-state index in [0.717, 1.165) is 29.1 Å². The topological polar surface area (TPSA) is 130 Å². The summed E-state index contributed by atoms with van der Waals surface area (Å²) in [6.07, 6.45) is -3.60. The van der Waals surface area contributed by atoms with Gasteiger partial charge in [0.2, 0.25) is 0 Å². The van der Waals surface area contributed by atoms with Crippen molar-refractivity contribution in [2.45, 2.75) is 19.2 Å². The summed E-state index contributed by atoms with van der Waals surface area (Å²) in [5.41, 5.74) is 1.70. The number of halogens is 3. The summed E-state index contributed by atoms with van der Waals surface area (Å²) in [7, 11) is 1.57. The van der Waals surface area contributed by atoms with Gasteiger partial charge in [-0.15, -0.1) is 13.2 Å². The molecule has 0 aliphatic heterocycles. The molecule has 0 spiro atoms. The summed E-state index contributed by atoms with van der Waals surface area (Å²) >= 11 is 0. The minimum absolute atomic E-state index is 0.0565. The van der Waals surface area contributed by atoms with Gasteiger partial charge in [-0.3, -0.25) is 9.59 Å². The van der Waals surface area contributed by atoms with Crippen molar-refractivity contribution in [2.24, 2.45) is 0 Å². The van der Waals surface area contributed by atoms with E-state index in [4.69, 9.17) is 20.0 Å². The van der Waals surface area contributed by atoms with Crippen LogP contribution in [-0.2, 0) is 4.79 Å². The number of methoxy groups -OCH3 is 1. The standard InChI is InChI=1S/C32H28F3N3O6/c1-42-27-13-8-21-17-23(5-4-22(21)18-27)30(38-24-9-14-26(15-10-24)44-32(33,34)35)28(19-36)43-25-11-6-20(7-12-25)31(41)37-16-2-3-29(39)40/h4-15,17-19,36,38H,2-3,16H2,1H3,(H,37,41)(H,39,40)/b30-28+,36-19?. The molecule has 4 N–H and O–H groups in total. The SMILES string of the molecule is COc1ccc2cc(/C(Nc3ccc(OC(F)(F)F)cc3)=C(/C=N)Oc3ccc(C(=O)NCCCC(=O)O)cc3)ccc2c1. The van der Waals surface area contributed by atoms with Gasteiger partial charge in [-0.25, -0.2) is 0 Å². The van der Waals surface area contributed by atoms with Crippen molar-refractivity contribution in [3.63, 3.8) is 0 Å². The first kappa shape index (κ1) is 31.4. The third-order valence-corrected chi connectivity index (χ3v) is 6.27. The van der Waals surface area contributed by atoms with Gasteiger partial charge in [0.25, 0.3) is 5.91 Å². The molecule has 0 fully saturated rings. The molecule has 0 aliphatic rings. The number of nitrogens with one attached hydrogen (secondary N) is 3. The van der Waals surface area contributed by atoms with Crippen molar-refractivity contribution < 1.29 is 42.1 Å². The van der Waals surface area contributed by atoms with E-state index >= 15 is 0 Å². The number of benzene rings is 4. The van der Waals surface area contributed by atoms with Gasteiger partial charge >= 0.3 is 12.3 Å². The molecule has 4 aromatic rings. The summed E-state index contributed by atoms with van der Waals surface area (Å²) in [6.45, 7) is 0.209. The average Bonchev–Trinajstić information content (AvgIpc) is 3.00. The molecule has 0 bridgehead atoms. The lowest BCUT2D eigenvalue weighted by Crippen LogP contribution is -2.24. The predicted octanol–water partition coefficient (Wildman–Crippen LogP) is 6.85. The highest BCUT2D eigenvalue weighted by Gasteiger charge is 2.31. The number of carboxylic acid groups (broad SMARTS) is 1. The molecule has 0 atom stereocenters. The number of carboxylic acids is 1. The van der Waals surface area contributed by atoms with Crippen LogP contribution in [0.15, 0.2) is 90.7 Å². The largest absolute Gasteiger partial charge is 0.573 e. The maximum atomic E-state index is 12.6. The second-order valence-corrected chi connectivity index (χ2v) is 9.39. The van der Waals surface area contributed by atoms with Gasteiger partial charge in [0.15, 0.2) is 5.76 Å². The molecule has 4 rings (SSSR count). The van der Waals surface area contributed by atoms with Crippen LogP contribution in [0, 0.1) is 5.41 Å². The van der Waals surface area contributed by atoms with Crippen molar-refractivity contribution in [1.82, 2.24) is 5.32 Å². The Bertz CT molecular complexity index is 1670. The lowest BCUT2D eigenvalue weighted by atomic mass is 10.0. The Morgan fingerprint density at radius 3 is 2.11 bits per heavy atom. The molecule has 0 heterocycles. The second kappa shape index (κ2) is 14.1. The van der Waals surface area contributed by atoms with E-state index in [-0.39, 0.29) is 30.4 Å². The van der Waals surface area contributed by atoms with E-state index in [9.17, 15) is 22.8 Å². The number of alkyl halides is 3. The van der Waals surface area contributed by atoms with Crippen molar-refractivity contribution in [1.29, 1.82) is 5.41 Å². The number of ether oxygens (including phenoxy) is 3. The fourth-order valence-electron chi connectivity index (χ4n) is 4.16. The zero-order chi connectivity index (χ0) is 31.7. The summed E-state index contributed by atoms with van der Waals surface area (Å²) in [5.74, 6) is -0.632. The molecule has 9 nitrogen and oxygen atoms in total. The molecule has 1 amide bonds. The molecule has 12 heteroatoms. The Balaban J connectivity index is 1.63. The first-order chi connectivity index (χ1) is 21.0. The molecule has 0 radical (unpaired) electrons. The Hall–Kier alpha value is -5.52. The van der Waals surface area contributed by atoms with E-state index in [1.54, 1.807) is 31.4 Å². The van der Waals surface area contributed by atoms with Gasteiger partial charge < -0.3 is 35.4 Å². The van der Waals surface area contributed by atoms with Crippen LogP contribution < -0.4 is 24.8 Å². The van der Waals surface area contributed by atoms with Gasteiger partial charge in [-0.05, 0) is 83.9 Å². The normalized spacial score (nSPS) is 11.7. The number of carbonyl (C=O) groups excluding carboxylic acids is 1. The van der Waals surface area contributed by atoms with E-state index in [1.165, 1.54) is 24.3 Å². The minimum Gasteiger partial charge on any atom is -0.497 e. The number of anilines is 1. The highest BCUT2D eigenvalue weighted by atomic mass is 19.4. The fraction of sp³-hybridized carbons (Fsp3) is 0.156. The number of aliphatic carboxylic acids is 1.